The number of fused-ring (bicyclic) bond motifs is 5. The normalized spacial score (nSPS) is 30.6. The Labute approximate surface area is 406 Å². The van der Waals surface area contributed by atoms with Gasteiger partial charge in [0, 0.05) is 50.5 Å². The molecule has 0 spiro atoms. The van der Waals surface area contributed by atoms with Gasteiger partial charge in [-0.05, 0) is 67.7 Å². The zero-order valence-electron chi connectivity index (χ0n) is 40.1. The van der Waals surface area contributed by atoms with Crippen molar-refractivity contribution < 1.29 is 72.6 Å². The van der Waals surface area contributed by atoms with E-state index in [1.165, 1.54) is 26.0 Å². The summed E-state index contributed by atoms with van der Waals surface area (Å²) >= 11 is 0. The fraction of sp³-hybridized carbons (Fsp3) is 0.463. The molecule has 11 atom stereocenters. The molecule has 1 aliphatic heterocycles. The first-order valence-electron chi connectivity index (χ1n) is 23.5. The molecule has 0 radical (unpaired) electrons. The van der Waals surface area contributed by atoms with Crippen molar-refractivity contribution in [3.05, 3.63) is 131 Å². The Morgan fingerprint density at radius 3 is 2.01 bits per heavy atom. The highest BCUT2D eigenvalue weighted by atomic mass is 16.6. The van der Waals surface area contributed by atoms with Gasteiger partial charge in [0.15, 0.2) is 23.6 Å². The SMILES string of the molecule is CC(=O)O[C@H]1C(=O)[C@@]2(C)[C@H]([C@H](OC(=O)c3ccccc3)[C@]3(O)C[C@H](OC(=O)[C@H](O)[C@@H](NC(=O)c4ccccc4)c4ccccc4)C(C)=C1C3(C)C)[C@]1(OC(C)=O)CO[C@@H]1C[C@@H]2O.O=C1CC=CCCC1. The third-order valence-electron chi connectivity index (χ3n) is 14.8. The van der Waals surface area contributed by atoms with Gasteiger partial charge in [0.25, 0.3) is 5.91 Å². The smallest absolute Gasteiger partial charge is 0.338 e. The van der Waals surface area contributed by atoms with Crippen molar-refractivity contribution in [2.75, 3.05) is 6.61 Å². The summed E-state index contributed by atoms with van der Waals surface area (Å²) in [6, 6.07) is 22.9. The van der Waals surface area contributed by atoms with E-state index in [1.807, 2.05) is 6.08 Å². The number of hydrogen-bond donors (Lipinski definition) is 4. The van der Waals surface area contributed by atoms with Gasteiger partial charge in [0.2, 0.25) is 0 Å². The molecule has 372 valence electrons. The van der Waals surface area contributed by atoms with Gasteiger partial charge >= 0.3 is 23.9 Å². The predicted octanol–water partition coefficient (Wildman–Crippen LogP) is 5.42. The number of hydrogen-bond acceptors (Lipinski definition) is 15. The van der Waals surface area contributed by atoms with Gasteiger partial charge in [-0.25, -0.2) is 9.59 Å². The maximum atomic E-state index is 15.5. The van der Waals surface area contributed by atoms with Crippen molar-refractivity contribution in [1.29, 1.82) is 0 Å². The van der Waals surface area contributed by atoms with Crippen LogP contribution in [0.1, 0.15) is 112 Å². The van der Waals surface area contributed by atoms with Crippen molar-refractivity contribution in [2.24, 2.45) is 16.7 Å². The second-order valence-corrected chi connectivity index (χ2v) is 19.5. The van der Waals surface area contributed by atoms with E-state index in [0.29, 0.717) is 17.8 Å². The third kappa shape index (κ3) is 9.61. The molecular formula is C54H61NO15. The second-order valence-electron chi connectivity index (χ2n) is 19.5. The van der Waals surface area contributed by atoms with E-state index in [0.717, 1.165) is 33.1 Å². The molecule has 4 N–H and O–H groups in total. The first-order chi connectivity index (χ1) is 33.2. The van der Waals surface area contributed by atoms with Crippen LogP contribution in [-0.4, -0.2) is 111 Å². The molecule has 0 unspecified atom stereocenters. The fourth-order valence-electron chi connectivity index (χ4n) is 11.0. The van der Waals surface area contributed by atoms with Crippen molar-refractivity contribution in [2.45, 2.75) is 134 Å². The molecule has 4 aliphatic carbocycles. The Morgan fingerprint density at radius 2 is 1.43 bits per heavy atom. The van der Waals surface area contributed by atoms with Crippen LogP contribution in [0.4, 0.5) is 0 Å². The van der Waals surface area contributed by atoms with Gasteiger partial charge in [0.1, 0.15) is 29.7 Å². The van der Waals surface area contributed by atoms with Crippen molar-refractivity contribution in [1.82, 2.24) is 5.32 Å². The first kappa shape index (κ1) is 51.5. The number of Topliss-reactive ketones (excluding diaryl/α,β-unsaturated/α-hetero) is 2. The summed E-state index contributed by atoms with van der Waals surface area (Å²) in [7, 11) is 0. The summed E-state index contributed by atoms with van der Waals surface area (Å²) in [4.78, 5) is 94.1. The molecule has 16 heteroatoms. The summed E-state index contributed by atoms with van der Waals surface area (Å²) in [5.41, 5.74) is -7.02. The van der Waals surface area contributed by atoms with Crippen LogP contribution < -0.4 is 5.32 Å². The number of carbonyl (C=O) groups is 7. The van der Waals surface area contributed by atoms with Gasteiger partial charge in [0.05, 0.1) is 35.6 Å². The van der Waals surface area contributed by atoms with Crippen LogP contribution in [0.3, 0.4) is 0 Å². The topological polar surface area (TPSA) is 238 Å². The van der Waals surface area contributed by atoms with E-state index in [9.17, 15) is 44.1 Å². The monoisotopic (exact) mass is 963 g/mol. The van der Waals surface area contributed by atoms with E-state index in [2.05, 4.69) is 11.4 Å². The number of esters is 4. The van der Waals surface area contributed by atoms with Crippen molar-refractivity contribution in [3.63, 3.8) is 0 Å². The summed E-state index contributed by atoms with van der Waals surface area (Å²) < 4.78 is 30.3. The highest BCUT2D eigenvalue weighted by Crippen LogP contribution is 2.64. The Bertz CT molecular complexity index is 2540. The van der Waals surface area contributed by atoms with Gasteiger partial charge < -0.3 is 44.3 Å². The highest BCUT2D eigenvalue weighted by Gasteiger charge is 2.78. The number of allylic oxidation sites excluding steroid dienone is 2. The molecule has 1 saturated heterocycles. The Hall–Kier alpha value is -6.33. The molecule has 16 nitrogen and oxygen atoms in total. The minimum atomic E-state index is -2.39. The molecule has 2 bridgehead atoms. The summed E-state index contributed by atoms with van der Waals surface area (Å²) in [5.74, 6) is -6.45. The predicted molar refractivity (Wildman–Crippen MR) is 250 cm³/mol. The number of amides is 1. The largest absolute Gasteiger partial charge is 0.456 e. The van der Waals surface area contributed by atoms with E-state index in [-0.39, 0.29) is 35.3 Å². The van der Waals surface area contributed by atoms with Gasteiger partial charge in [-0.3, -0.25) is 24.0 Å². The molecular weight excluding hydrogens is 903 g/mol. The van der Waals surface area contributed by atoms with Crippen molar-refractivity contribution >= 4 is 41.4 Å². The van der Waals surface area contributed by atoms with E-state index in [4.69, 9.17) is 23.7 Å². The van der Waals surface area contributed by atoms with Gasteiger partial charge in [-0.2, -0.15) is 0 Å². The number of ether oxygens (including phenoxy) is 5. The van der Waals surface area contributed by atoms with Crippen LogP contribution in [0.15, 0.2) is 114 Å². The minimum absolute atomic E-state index is 0.00289. The Morgan fingerprint density at radius 1 is 0.814 bits per heavy atom. The maximum Gasteiger partial charge on any atom is 0.338 e. The summed E-state index contributed by atoms with van der Waals surface area (Å²) in [6.45, 7) is 7.97. The van der Waals surface area contributed by atoms with Crippen LogP contribution in [0, 0.1) is 16.7 Å². The molecule has 1 heterocycles. The highest BCUT2D eigenvalue weighted by molar-refractivity contribution is 5.96. The number of aliphatic hydroxyl groups is 3. The van der Waals surface area contributed by atoms with E-state index >= 15 is 4.79 Å². The Balaban J connectivity index is 0.000000820. The fourth-order valence-corrected chi connectivity index (χ4v) is 11.0. The molecule has 1 amide bonds. The molecule has 5 aliphatic rings. The first-order valence-corrected chi connectivity index (χ1v) is 23.5. The molecule has 0 aromatic heterocycles. The number of aliphatic hydroxyl groups excluding tert-OH is 2. The summed E-state index contributed by atoms with van der Waals surface area (Å²) in [5, 5.41) is 40.2. The van der Waals surface area contributed by atoms with Crippen LogP contribution >= 0.6 is 0 Å². The maximum absolute atomic E-state index is 15.5. The lowest BCUT2D eigenvalue weighted by Crippen LogP contribution is -2.82. The lowest BCUT2D eigenvalue weighted by molar-refractivity contribution is -0.346. The lowest BCUT2D eigenvalue weighted by atomic mass is 9.44. The van der Waals surface area contributed by atoms with Crippen LogP contribution in [0.25, 0.3) is 0 Å². The van der Waals surface area contributed by atoms with Crippen LogP contribution in [0.5, 0.6) is 0 Å². The third-order valence-corrected chi connectivity index (χ3v) is 14.8. The van der Waals surface area contributed by atoms with Gasteiger partial charge in [-0.15, -0.1) is 0 Å². The average Bonchev–Trinajstić information content (AvgIpc) is 3.59. The number of carbonyl (C=O) groups excluding carboxylic acids is 7. The molecule has 2 saturated carbocycles. The second kappa shape index (κ2) is 20.6. The molecule has 3 aromatic rings. The minimum Gasteiger partial charge on any atom is -0.456 e. The quantitative estimate of drug-likeness (QED) is 0.113. The molecule has 3 aromatic carbocycles. The number of rotatable bonds is 10. The van der Waals surface area contributed by atoms with Crippen LogP contribution in [0.2, 0.25) is 0 Å². The van der Waals surface area contributed by atoms with Crippen LogP contribution in [-0.2, 0) is 47.7 Å². The zero-order valence-corrected chi connectivity index (χ0v) is 40.1. The average molecular weight is 964 g/mol. The van der Waals surface area contributed by atoms with E-state index in [1.54, 1.807) is 92.7 Å². The lowest BCUT2D eigenvalue weighted by Gasteiger charge is -2.67. The Kier molecular flexibility index (Phi) is 15.1. The molecule has 3 fully saturated rings. The van der Waals surface area contributed by atoms with E-state index < -0.39 is 113 Å². The molecule has 70 heavy (non-hydrogen) atoms. The van der Waals surface area contributed by atoms with Crippen molar-refractivity contribution in [3.8, 4) is 0 Å². The number of ketones is 2. The van der Waals surface area contributed by atoms with Gasteiger partial charge in [-0.1, -0.05) is 92.7 Å². The number of nitrogens with one attached hydrogen (secondary N) is 1. The molecule has 8 rings (SSSR count). The zero-order chi connectivity index (χ0) is 50.8. The summed E-state index contributed by atoms with van der Waals surface area (Å²) in [6.07, 6.45) is -2.86. The number of benzene rings is 3. The standard InChI is InChI=1S/C47H51NO14.C7H10O/c1-25-31(60-43(56)36(52)35(28-16-10-7-11-17-28)48-41(54)29-18-12-8-13-19-29)23-47(57)40(61-42(55)30-20-14-9-15-21-30)38-45(6,32(51)22-33-46(38,24-58-33)62-27(3)50)39(53)37(59-26(2)49)34(25)44(47,4)5;8-7-5-3-1-2-4-6-7/h7-21,31-33,35-38,40,51-52,57H,22-24H2,1-6H3,(H,48,54);1,3H,2,4-6H2/t31-,32-,33+,35-,36+,37+,38-,40-,45+,46-,47+;/m0./s1.